The first-order chi connectivity index (χ1) is 6.98. The Kier molecular flexibility index (Phi) is 3.18. The third kappa shape index (κ3) is 2.13. The fraction of sp³-hybridized carbons (Fsp3) is 0. The monoisotopic (exact) mass is 241 g/mol. The van der Waals surface area contributed by atoms with Gasteiger partial charge < -0.3 is 11.2 Å². The zero-order chi connectivity index (χ0) is 11.1. The molecule has 5 nitrogen and oxygen atoms in total. The van der Waals surface area contributed by atoms with Gasteiger partial charge in [0.25, 0.3) is 10.1 Å². The number of anilines is 1. The average molecular weight is 241 g/mol. The molecule has 5 N–H and O–H groups in total. The lowest BCUT2D eigenvalue weighted by atomic mass is 10.1. The van der Waals surface area contributed by atoms with E-state index in [2.05, 4.69) is 0 Å². The topological polar surface area (TPSA) is 112 Å². The molecule has 0 aliphatic heterocycles. The number of fused-ring (bicyclic) bond motifs is 1. The zero-order valence-corrected chi connectivity index (χ0v) is 9.03. The van der Waals surface area contributed by atoms with Crippen LogP contribution in [0.3, 0.4) is 0 Å². The first-order valence-electron chi connectivity index (χ1n) is 4.24. The molecular weight excluding hydrogens is 230 g/mol. The van der Waals surface area contributed by atoms with E-state index in [1.165, 1.54) is 6.07 Å². The molecule has 0 amide bonds. The molecule has 0 fully saturated rings. The molecule has 0 atom stereocenters. The summed E-state index contributed by atoms with van der Waals surface area (Å²) in [5.74, 6) is 0. The van der Waals surface area contributed by atoms with Crippen LogP contribution in [0, 0.1) is 0 Å². The van der Waals surface area contributed by atoms with Gasteiger partial charge in [-0.2, -0.15) is 8.42 Å². The summed E-state index contributed by atoms with van der Waals surface area (Å²) in [6, 6.07) is 9.74. The van der Waals surface area contributed by atoms with Crippen LogP contribution in [-0.4, -0.2) is 18.4 Å². The van der Waals surface area contributed by atoms with Crippen molar-refractivity contribution < 1.29 is 18.4 Å². The quantitative estimate of drug-likeness (QED) is 0.569. The molecule has 0 aliphatic rings. The van der Waals surface area contributed by atoms with Crippen molar-refractivity contribution in [1.29, 1.82) is 0 Å². The van der Waals surface area contributed by atoms with Crippen molar-refractivity contribution in [2.45, 2.75) is 4.90 Å². The summed E-state index contributed by atoms with van der Waals surface area (Å²) in [6.07, 6.45) is 0. The first-order valence-corrected chi connectivity index (χ1v) is 5.68. The van der Waals surface area contributed by atoms with Gasteiger partial charge in [-0.3, -0.25) is 4.55 Å². The summed E-state index contributed by atoms with van der Waals surface area (Å²) >= 11 is 0. The lowest BCUT2D eigenvalue weighted by molar-refractivity contribution is 0.484. The highest BCUT2D eigenvalue weighted by Gasteiger charge is 2.14. The number of nitrogens with two attached hydrogens (primary N) is 1. The Morgan fingerprint density at radius 2 is 1.75 bits per heavy atom. The Bertz CT molecular complexity index is 622. The number of hydrogen-bond donors (Lipinski definition) is 2. The van der Waals surface area contributed by atoms with Crippen molar-refractivity contribution in [3.63, 3.8) is 0 Å². The molecule has 2 aromatic carbocycles. The minimum absolute atomic E-state index is 0. The molecule has 0 saturated carbocycles. The van der Waals surface area contributed by atoms with E-state index in [1.54, 1.807) is 30.3 Å². The predicted octanol–water partition coefficient (Wildman–Crippen LogP) is 0.844. The molecule has 16 heavy (non-hydrogen) atoms. The number of benzene rings is 2. The Morgan fingerprint density at radius 3 is 2.38 bits per heavy atom. The van der Waals surface area contributed by atoms with E-state index in [-0.39, 0.29) is 10.4 Å². The molecule has 0 unspecified atom stereocenters. The summed E-state index contributed by atoms with van der Waals surface area (Å²) in [7, 11) is -4.23. The van der Waals surface area contributed by atoms with Crippen LogP contribution >= 0.6 is 0 Å². The van der Waals surface area contributed by atoms with E-state index in [0.717, 1.165) is 0 Å². The van der Waals surface area contributed by atoms with Gasteiger partial charge in [0.1, 0.15) is 4.90 Å². The normalized spacial score (nSPS) is 11.1. The van der Waals surface area contributed by atoms with Gasteiger partial charge >= 0.3 is 0 Å². The maximum Gasteiger partial charge on any atom is 0.295 e. The summed E-state index contributed by atoms with van der Waals surface area (Å²) in [6.45, 7) is 0. The van der Waals surface area contributed by atoms with Crippen molar-refractivity contribution in [2.24, 2.45) is 0 Å². The second-order valence-electron chi connectivity index (χ2n) is 3.22. The lowest BCUT2D eigenvalue weighted by Gasteiger charge is -2.04. The predicted molar refractivity (Wildman–Crippen MR) is 61.8 cm³/mol. The van der Waals surface area contributed by atoms with Crippen molar-refractivity contribution in [3.05, 3.63) is 36.4 Å². The average Bonchev–Trinajstić information content (AvgIpc) is 2.15. The molecule has 0 aliphatic carbocycles. The standard InChI is InChI=1S/C10H9NO3S.H2O/c11-8-5-7-3-1-2-4-9(7)10(6-8)15(12,13)14;/h1-6H,11H2,(H,12,13,14);1H2. The molecule has 0 spiro atoms. The van der Waals surface area contributed by atoms with Gasteiger partial charge in [0, 0.05) is 11.1 Å². The van der Waals surface area contributed by atoms with Gasteiger partial charge in [0.2, 0.25) is 0 Å². The van der Waals surface area contributed by atoms with Crippen molar-refractivity contribution in [3.8, 4) is 0 Å². The van der Waals surface area contributed by atoms with Crippen LogP contribution in [0.2, 0.25) is 0 Å². The molecule has 0 heterocycles. The van der Waals surface area contributed by atoms with Gasteiger partial charge in [-0.15, -0.1) is 0 Å². The van der Waals surface area contributed by atoms with Crippen molar-refractivity contribution in [1.82, 2.24) is 0 Å². The Hall–Kier alpha value is -1.63. The Labute approximate surface area is 92.6 Å². The van der Waals surface area contributed by atoms with Crippen LogP contribution < -0.4 is 5.73 Å². The van der Waals surface area contributed by atoms with E-state index in [0.29, 0.717) is 16.5 Å². The third-order valence-electron chi connectivity index (χ3n) is 2.12. The van der Waals surface area contributed by atoms with Gasteiger partial charge in [-0.25, -0.2) is 0 Å². The minimum Gasteiger partial charge on any atom is -0.412 e. The molecule has 0 radical (unpaired) electrons. The largest absolute Gasteiger partial charge is 0.412 e. The molecule has 0 bridgehead atoms. The molecule has 0 saturated heterocycles. The van der Waals surface area contributed by atoms with Gasteiger partial charge in [0.15, 0.2) is 0 Å². The van der Waals surface area contributed by atoms with E-state index in [4.69, 9.17) is 10.3 Å². The summed E-state index contributed by atoms with van der Waals surface area (Å²) in [5.41, 5.74) is 5.85. The Morgan fingerprint density at radius 1 is 1.12 bits per heavy atom. The van der Waals surface area contributed by atoms with Gasteiger partial charge in [0.05, 0.1) is 0 Å². The van der Waals surface area contributed by atoms with E-state index >= 15 is 0 Å². The van der Waals surface area contributed by atoms with Crippen LogP contribution in [0.1, 0.15) is 0 Å². The first kappa shape index (κ1) is 12.4. The Balaban J connectivity index is 0.00000128. The smallest absolute Gasteiger partial charge is 0.295 e. The van der Waals surface area contributed by atoms with Gasteiger partial charge in [-0.1, -0.05) is 24.3 Å². The molecule has 6 heteroatoms. The second-order valence-corrected chi connectivity index (χ2v) is 4.61. The summed E-state index contributed by atoms with van der Waals surface area (Å²) in [5, 5.41) is 1.15. The number of rotatable bonds is 1. The van der Waals surface area contributed by atoms with E-state index < -0.39 is 10.1 Å². The highest BCUT2D eigenvalue weighted by atomic mass is 32.2. The second kappa shape index (κ2) is 4.09. The van der Waals surface area contributed by atoms with E-state index in [1.807, 2.05) is 0 Å². The highest BCUT2D eigenvalue weighted by molar-refractivity contribution is 7.86. The van der Waals surface area contributed by atoms with E-state index in [9.17, 15) is 8.42 Å². The van der Waals surface area contributed by atoms with Crippen molar-refractivity contribution in [2.75, 3.05) is 5.73 Å². The SMILES string of the molecule is Nc1cc(S(=O)(=O)O)c2ccccc2c1.O. The number of nitrogen functional groups attached to an aromatic ring is 1. The van der Waals surface area contributed by atoms with Crippen LogP contribution in [0.4, 0.5) is 5.69 Å². The molecule has 2 aromatic rings. The molecule has 0 aromatic heterocycles. The van der Waals surface area contributed by atoms with Crippen LogP contribution in [0.5, 0.6) is 0 Å². The fourth-order valence-corrected chi connectivity index (χ4v) is 2.26. The maximum absolute atomic E-state index is 11.1. The fourth-order valence-electron chi connectivity index (χ4n) is 1.51. The maximum atomic E-state index is 11.1. The minimum atomic E-state index is -4.23. The third-order valence-corrected chi connectivity index (χ3v) is 3.02. The number of hydrogen-bond acceptors (Lipinski definition) is 3. The molecule has 2 rings (SSSR count). The summed E-state index contributed by atoms with van der Waals surface area (Å²) in [4.78, 5) is -0.155. The molecular formula is C10H11NO4S. The zero-order valence-electron chi connectivity index (χ0n) is 8.21. The van der Waals surface area contributed by atoms with Crippen LogP contribution in [-0.2, 0) is 10.1 Å². The highest BCUT2D eigenvalue weighted by Crippen LogP contribution is 2.25. The van der Waals surface area contributed by atoms with Crippen LogP contribution in [0.15, 0.2) is 41.3 Å². The molecule has 86 valence electrons. The van der Waals surface area contributed by atoms with Crippen molar-refractivity contribution >= 4 is 26.6 Å². The summed E-state index contributed by atoms with van der Waals surface area (Å²) < 4.78 is 31.2. The van der Waals surface area contributed by atoms with Gasteiger partial charge in [-0.05, 0) is 17.5 Å². The lowest BCUT2D eigenvalue weighted by Crippen LogP contribution is -2.00. The van der Waals surface area contributed by atoms with Crippen LogP contribution in [0.25, 0.3) is 10.8 Å².